The largest absolute Gasteiger partial charge is 0.494 e. The number of carbonyl (C=O) groups excluding carboxylic acids is 1. The van der Waals surface area contributed by atoms with E-state index in [1.807, 2.05) is 43.3 Å². The van der Waals surface area contributed by atoms with Gasteiger partial charge in [-0.15, -0.1) is 0 Å². The van der Waals surface area contributed by atoms with Crippen molar-refractivity contribution in [3.8, 4) is 5.75 Å². The van der Waals surface area contributed by atoms with Crippen molar-refractivity contribution in [3.63, 3.8) is 0 Å². The molecular weight excluding hydrogens is 412 g/mol. The molecule has 0 unspecified atom stereocenters. The molecule has 0 saturated heterocycles. The van der Waals surface area contributed by atoms with Crippen molar-refractivity contribution in [2.45, 2.75) is 25.2 Å². The van der Waals surface area contributed by atoms with Gasteiger partial charge >= 0.3 is 0 Å². The molecule has 3 aromatic carbocycles. The Morgan fingerprint density at radius 2 is 1.71 bits per heavy atom. The highest BCUT2D eigenvalue weighted by Crippen LogP contribution is 2.21. The summed E-state index contributed by atoms with van der Waals surface area (Å²) in [5, 5.41) is 2.83. The average Bonchev–Trinajstić information content (AvgIpc) is 2.75. The molecule has 3 rings (SSSR count). The van der Waals surface area contributed by atoms with Crippen LogP contribution >= 0.6 is 0 Å². The van der Waals surface area contributed by atoms with Gasteiger partial charge in [0.15, 0.2) is 0 Å². The molecule has 1 amide bonds. The van der Waals surface area contributed by atoms with Crippen LogP contribution < -0.4 is 14.8 Å². The smallest absolute Gasteiger partial charge is 0.262 e. The molecule has 6 nitrogen and oxygen atoms in total. The van der Waals surface area contributed by atoms with Crippen LogP contribution in [-0.2, 0) is 10.0 Å². The van der Waals surface area contributed by atoms with E-state index in [0.29, 0.717) is 36.4 Å². The lowest BCUT2D eigenvalue weighted by molar-refractivity contribution is 0.0951. The van der Waals surface area contributed by atoms with Gasteiger partial charge in [0.25, 0.3) is 15.9 Å². The van der Waals surface area contributed by atoms with Crippen LogP contribution in [0.5, 0.6) is 5.75 Å². The minimum absolute atomic E-state index is 0.223. The quantitative estimate of drug-likeness (QED) is 0.488. The molecule has 0 fully saturated rings. The Labute approximate surface area is 183 Å². The summed E-state index contributed by atoms with van der Waals surface area (Å²) in [4.78, 5) is 12.7. The number of anilines is 1. The second kappa shape index (κ2) is 10.1. The first-order valence-electron chi connectivity index (χ1n) is 10.0. The van der Waals surface area contributed by atoms with Crippen LogP contribution in [0, 0.1) is 13.8 Å². The molecule has 0 spiro atoms. The molecular formula is C24H26N2O4S. The topological polar surface area (TPSA) is 84.5 Å². The van der Waals surface area contributed by atoms with Crippen LogP contribution in [-0.4, -0.2) is 27.5 Å². The van der Waals surface area contributed by atoms with Crippen molar-refractivity contribution in [2.24, 2.45) is 0 Å². The first-order chi connectivity index (χ1) is 14.8. The zero-order valence-electron chi connectivity index (χ0n) is 17.6. The van der Waals surface area contributed by atoms with Gasteiger partial charge in [-0.1, -0.05) is 36.4 Å². The van der Waals surface area contributed by atoms with Crippen molar-refractivity contribution >= 4 is 21.6 Å². The Kier molecular flexibility index (Phi) is 7.31. The summed E-state index contributed by atoms with van der Waals surface area (Å²) in [6.07, 6.45) is 0.652. The number of rotatable bonds is 9. The van der Waals surface area contributed by atoms with Gasteiger partial charge in [-0.25, -0.2) is 8.42 Å². The molecule has 0 aliphatic carbocycles. The van der Waals surface area contributed by atoms with E-state index >= 15 is 0 Å². The van der Waals surface area contributed by atoms with E-state index in [1.54, 1.807) is 37.3 Å². The summed E-state index contributed by atoms with van der Waals surface area (Å²) in [5.41, 5.74) is 2.23. The maximum Gasteiger partial charge on any atom is 0.262 e. The van der Waals surface area contributed by atoms with Gasteiger partial charge in [0.2, 0.25) is 0 Å². The van der Waals surface area contributed by atoms with Crippen molar-refractivity contribution < 1.29 is 17.9 Å². The molecule has 2 N–H and O–H groups in total. The third-order valence-electron chi connectivity index (χ3n) is 4.63. The van der Waals surface area contributed by atoms with E-state index in [4.69, 9.17) is 4.74 Å². The number of carbonyl (C=O) groups is 1. The fraction of sp³-hybridized carbons (Fsp3) is 0.208. The average molecular weight is 439 g/mol. The predicted octanol–water partition coefficient (Wildman–Crippen LogP) is 4.30. The Hall–Kier alpha value is -3.32. The minimum atomic E-state index is -3.76. The number of para-hydroxylation sites is 1. The summed E-state index contributed by atoms with van der Waals surface area (Å²) in [6.45, 7) is 4.53. The first kappa shape index (κ1) is 22.4. The zero-order chi connectivity index (χ0) is 22.3. The molecule has 0 radical (unpaired) electrons. The molecule has 0 saturated carbocycles. The lowest BCUT2D eigenvalue weighted by atomic mass is 10.2. The van der Waals surface area contributed by atoms with Crippen LogP contribution in [0.25, 0.3) is 0 Å². The van der Waals surface area contributed by atoms with Crippen molar-refractivity contribution in [1.82, 2.24) is 5.32 Å². The van der Waals surface area contributed by atoms with Gasteiger partial charge in [-0.3, -0.25) is 9.52 Å². The van der Waals surface area contributed by atoms with Gasteiger partial charge in [0.1, 0.15) is 5.75 Å². The van der Waals surface area contributed by atoms with Gasteiger partial charge in [0.05, 0.1) is 11.5 Å². The highest BCUT2D eigenvalue weighted by Gasteiger charge is 2.18. The Balaban J connectivity index is 1.56. The second-order valence-corrected chi connectivity index (χ2v) is 8.88. The number of sulfonamides is 1. The molecule has 0 aliphatic heterocycles. The SMILES string of the molecule is Cc1ccc(C)c(S(=O)(=O)Nc2cccc(C(=O)NCCCOc3ccccc3)c2)c1. The maximum atomic E-state index is 12.8. The highest BCUT2D eigenvalue weighted by atomic mass is 32.2. The molecule has 0 bridgehead atoms. The van der Waals surface area contributed by atoms with E-state index in [0.717, 1.165) is 11.3 Å². The fourth-order valence-electron chi connectivity index (χ4n) is 3.01. The summed E-state index contributed by atoms with van der Waals surface area (Å²) in [5.74, 6) is 0.519. The molecule has 0 heterocycles. The molecule has 0 aromatic heterocycles. The lowest BCUT2D eigenvalue weighted by Crippen LogP contribution is -2.25. The molecule has 0 atom stereocenters. The predicted molar refractivity (Wildman–Crippen MR) is 122 cm³/mol. The third-order valence-corrected chi connectivity index (χ3v) is 6.15. The van der Waals surface area contributed by atoms with Gasteiger partial charge in [0, 0.05) is 17.8 Å². The highest BCUT2D eigenvalue weighted by molar-refractivity contribution is 7.92. The van der Waals surface area contributed by atoms with Crippen molar-refractivity contribution in [2.75, 3.05) is 17.9 Å². The van der Waals surface area contributed by atoms with E-state index in [1.165, 1.54) is 6.07 Å². The summed E-state index contributed by atoms with van der Waals surface area (Å²) < 4.78 is 33.7. The minimum Gasteiger partial charge on any atom is -0.494 e. The maximum absolute atomic E-state index is 12.8. The number of ether oxygens (including phenoxy) is 1. The number of benzene rings is 3. The van der Waals surface area contributed by atoms with E-state index < -0.39 is 10.0 Å². The standard InChI is InChI=1S/C24H26N2O4S/c1-18-12-13-19(2)23(16-18)31(28,29)26-21-9-6-8-20(17-21)24(27)25-14-7-15-30-22-10-4-3-5-11-22/h3-6,8-13,16-17,26H,7,14-15H2,1-2H3,(H,25,27). The number of amides is 1. The Morgan fingerprint density at radius 3 is 2.48 bits per heavy atom. The Bertz CT molecular complexity index is 1150. The van der Waals surface area contributed by atoms with Crippen LogP contribution in [0.2, 0.25) is 0 Å². The number of nitrogens with one attached hydrogen (secondary N) is 2. The van der Waals surface area contributed by atoms with Gasteiger partial charge < -0.3 is 10.1 Å². The molecule has 7 heteroatoms. The summed E-state index contributed by atoms with van der Waals surface area (Å²) >= 11 is 0. The third kappa shape index (κ3) is 6.33. The second-order valence-electron chi connectivity index (χ2n) is 7.23. The van der Waals surface area contributed by atoms with E-state index in [2.05, 4.69) is 10.0 Å². The summed E-state index contributed by atoms with van der Waals surface area (Å²) in [6, 6.07) is 21.2. The van der Waals surface area contributed by atoms with Crippen molar-refractivity contribution in [1.29, 1.82) is 0 Å². The van der Waals surface area contributed by atoms with Crippen LogP contribution in [0.3, 0.4) is 0 Å². The monoisotopic (exact) mass is 438 g/mol. The van der Waals surface area contributed by atoms with Crippen LogP contribution in [0.4, 0.5) is 5.69 Å². The van der Waals surface area contributed by atoms with Crippen molar-refractivity contribution in [3.05, 3.63) is 89.5 Å². The van der Waals surface area contributed by atoms with Gasteiger partial charge in [-0.05, 0) is 67.8 Å². The first-order valence-corrected chi connectivity index (χ1v) is 11.5. The normalized spacial score (nSPS) is 11.0. The number of aryl methyl sites for hydroxylation is 2. The van der Waals surface area contributed by atoms with Gasteiger partial charge in [-0.2, -0.15) is 0 Å². The Morgan fingerprint density at radius 1 is 0.935 bits per heavy atom. The van der Waals surface area contributed by atoms with Crippen LogP contribution in [0.15, 0.2) is 77.7 Å². The fourth-order valence-corrected chi connectivity index (χ4v) is 4.39. The summed E-state index contributed by atoms with van der Waals surface area (Å²) in [7, 11) is -3.76. The lowest BCUT2D eigenvalue weighted by Gasteiger charge is -2.12. The molecule has 0 aliphatic rings. The van der Waals surface area contributed by atoms with E-state index in [-0.39, 0.29) is 10.8 Å². The molecule has 31 heavy (non-hydrogen) atoms. The van der Waals surface area contributed by atoms with E-state index in [9.17, 15) is 13.2 Å². The molecule has 162 valence electrons. The molecule has 3 aromatic rings. The van der Waals surface area contributed by atoms with Crippen LogP contribution in [0.1, 0.15) is 27.9 Å². The number of hydrogen-bond acceptors (Lipinski definition) is 4. The zero-order valence-corrected chi connectivity index (χ0v) is 18.4. The number of hydrogen-bond donors (Lipinski definition) is 2.